The summed E-state index contributed by atoms with van der Waals surface area (Å²) in [4.78, 5) is 12.6. The van der Waals surface area contributed by atoms with Crippen molar-refractivity contribution >= 4 is 6.09 Å². The van der Waals surface area contributed by atoms with Crippen LogP contribution in [0.1, 0.15) is 40.0 Å². The molecule has 1 aliphatic rings. The van der Waals surface area contributed by atoms with Crippen molar-refractivity contribution in [2.24, 2.45) is 11.3 Å². The van der Waals surface area contributed by atoms with Crippen LogP contribution < -0.4 is 0 Å². The second kappa shape index (κ2) is 6.76. The zero-order chi connectivity index (χ0) is 14.5. The van der Waals surface area contributed by atoms with E-state index in [4.69, 9.17) is 4.74 Å². The van der Waals surface area contributed by atoms with Crippen molar-refractivity contribution in [1.82, 2.24) is 4.90 Å². The van der Waals surface area contributed by atoms with Gasteiger partial charge in [0.2, 0.25) is 0 Å². The molecule has 1 rings (SSSR count). The molecule has 1 N–H and O–H groups in total. The smallest absolute Gasteiger partial charge is 0.408 e. The van der Waals surface area contributed by atoms with Gasteiger partial charge in [-0.15, -0.1) is 0 Å². The van der Waals surface area contributed by atoms with Gasteiger partial charge in [-0.25, -0.2) is 4.79 Å². The number of ether oxygens (including phenoxy) is 1. The summed E-state index contributed by atoms with van der Waals surface area (Å²) in [6.07, 6.45) is 1.56. The van der Waals surface area contributed by atoms with Gasteiger partial charge in [-0.1, -0.05) is 20.8 Å². The quantitative estimate of drug-likeness (QED) is 0.850. The Morgan fingerprint density at radius 3 is 2.68 bits per heavy atom. The molecule has 1 fully saturated rings. The molecule has 0 aromatic carbocycles. The molecule has 1 aliphatic heterocycles. The van der Waals surface area contributed by atoms with Gasteiger partial charge in [0.1, 0.15) is 6.04 Å². The summed E-state index contributed by atoms with van der Waals surface area (Å²) >= 11 is 0. The topological polar surface area (TPSA) is 73.6 Å². The van der Waals surface area contributed by atoms with Crippen molar-refractivity contribution in [3.8, 4) is 6.07 Å². The molecule has 5 nitrogen and oxygen atoms in total. The van der Waals surface area contributed by atoms with E-state index in [1.54, 1.807) is 0 Å². The molecule has 0 radical (unpaired) electrons. The average molecular weight is 268 g/mol. The minimum absolute atomic E-state index is 0.156. The van der Waals surface area contributed by atoms with Crippen molar-refractivity contribution in [2.45, 2.75) is 46.1 Å². The van der Waals surface area contributed by atoms with Gasteiger partial charge in [0, 0.05) is 19.8 Å². The highest BCUT2D eigenvalue weighted by Gasteiger charge is 2.30. The Balaban J connectivity index is 2.68. The molecule has 1 amide bonds. The van der Waals surface area contributed by atoms with Crippen molar-refractivity contribution in [3.05, 3.63) is 0 Å². The van der Waals surface area contributed by atoms with Gasteiger partial charge in [-0.05, 0) is 30.6 Å². The standard InChI is InChI=1S/C14H24N2O3/c1-14(2,3)10-16(13(17)18)12(8-15)7-11-5-4-6-19-9-11/h11-12H,4-7,9-10H2,1-3H3,(H,17,18)/t11-,12?/m0/s1. The number of amides is 1. The zero-order valence-corrected chi connectivity index (χ0v) is 12.1. The molecule has 0 saturated carbocycles. The van der Waals surface area contributed by atoms with E-state index in [9.17, 15) is 15.2 Å². The third-order valence-corrected chi connectivity index (χ3v) is 3.23. The Hall–Kier alpha value is -1.28. The van der Waals surface area contributed by atoms with Gasteiger partial charge < -0.3 is 9.84 Å². The maximum absolute atomic E-state index is 11.4. The van der Waals surface area contributed by atoms with Crippen LogP contribution in [0.25, 0.3) is 0 Å². The lowest BCUT2D eigenvalue weighted by atomic mass is 9.91. The highest BCUT2D eigenvalue weighted by atomic mass is 16.5. The van der Waals surface area contributed by atoms with E-state index in [1.807, 2.05) is 20.8 Å². The minimum Gasteiger partial charge on any atom is -0.465 e. The lowest BCUT2D eigenvalue weighted by molar-refractivity contribution is 0.0395. The molecule has 0 spiro atoms. The number of nitriles is 1. The second-order valence-electron chi connectivity index (χ2n) is 6.43. The van der Waals surface area contributed by atoms with Crippen molar-refractivity contribution in [3.63, 3.8) is 0 Å². The fraction of sp³-hybridized carbons (Fsp3) is 0.857. The van der Waals surface area contributed by atoms with Crippen molar-refractivity contribution < 1.29 is 14.6 Å². The number of hydrogen-bond acceptors (Lipinski definition) is 3. The first-order valence-electron chi connectivity index (χ1n) is 6.80. The molecule has 0 aliphatic carbocycles. The van der Waals surface area contributed by atoms with Crippen LogP contribution in [0.3, 0.4) is 0 Å². The van der Waals surface area contributed by atoms with E-state index in [1.165, 1.54) is 4.90 Å². The summed E-state index contributed by atoms with van der Waals surface area (Å²) in [7, 11) is 0. The zero-order valence-electron chi connectivity index (χ0n) is 12.1. The van der Waals surface area contributed by atoms with Gasteiger partial charge >= 0.3 is 6.09 Å². The Morgan fingerprint density at radius 1 is 1.58 bits per heavy atom. The van der Waals surface area contributed by atoms with Crippen LogP contribution >= 0.6 is 0 Å². The number of nitrogens with zero attached hydrogens (tertiary/aromatic N) is 2. The van der Waals surface area contributed by atoms with Gasteiger partial charge in [0.05, 0.1) is 6.07 Å². The van der Waals surface area contributed by atoms with E-state index in [0.717, 1.165) is 19.4 Å². The van der Waals surface area contributed by atoms with Crippen LogP contribution in [0.15, 0.2) is 0 Å². The van der Waals surface area contributed by atoms with Crippen LogP contribution in [0.4, 0.5) is 4.79 Å². The highest BCUT2D eigenvalue weighted by molar-refractivity contribution is 5.66. The molecule has 1 saturated heterocycles. The maximum atomic E-state index is 11.4. The van der Waals surface area contributed by atoms with Crippen LogP contribution in [0, 0.1) is 22.7 Å². The molecule has 5 heteroatoms. The minimum atomic E-state index is -1.02. The first-order chi connectivity index (χ1) is 8.83. The molecule has 2 atom stereocenters. The fourth-order valence-corrected chi connectivity index (χ4v) is 2.38. The molecular formula is C14H24N2O3. The summed E-state index contributed by atoms with van der Waals surface area (Å²) in [6, 6.07) is 1.56. The largest absolute Gasteiger partial charge is 0.465 e. The molecule has 1 unspecified atom stereocenters. The van der Waals surface area contributed by atoms with E-state index in [0.29, 0.717) is 25.5 Å². The number of carbonyl (C=O) groups is 1. The SMILES string of the molecule is CC(C)(C)CN(C(=O)O)C(C#N)C[C@@H]1CCCOC1. The summed E-state index contributed by atoms with van der Waals surface area (Å²) in [5, 5.41) is 18.6. The van der Waals surface area contributed by atoms with Gasteiger partial charge in [0.25, 0.3) is 0 Å². The molecule has 19 heavy (non-hydrogen) atoms. The van der Waals surface area contributed by atoms with Crippen LogP contribution in [0.5, 0.6) is 0 Å². The Labute approximate surface area is 115 Å². The fourth-order valence-electron chi connectivity index (χ4n) is 2.38. The summed E-state index contributed by atoms with van der Waals surface area (Å²) < 4.78 is 5.39. The number of rotatable bonds is 4. The summed E-state index contributed by atoms with van der Waals surface area (Å²) in [6.45, 7) is 7.71. The average Bonchev–Trinajstić information content (AvgIpc) is 2.33. The third-order valence-electron chi connectivity index (χ3n) is 3.23. The van der Waals surface area contributed by atoms with Crippen LogP contribution in [-0.2, 0) is 4.74 Å². The summed E-state index contributed by atoms with van der Waals surface area (Å²) in [5.41, 5.74) is -0.156. The molecule has 108 valence electrons. The lowest BCUT2D eigenvalue weighted by Gasteiger charge is -2.33. The second-order valence-corrected chi connectivity index (χ2v) is 6.43. The number of hydrogen-bond donors (Lipinski definition) is 1. The van der Waals surface area contributed by atoms with Crippen molar-refractivity contribution in [1.29, 1.82) is 5.26 Å². The van der Waals surface area contributed by atoms with Crippen molar-refractivity contribution in [2.75, 3.05) is 19.8 Å². The predicted molar refractivity (Wildman–Crippen MR) is 71.7 cm³/mol. The highest BCUT2D eigenvalue weighted by Crippen LogP contribution is 2.24. The normalized spacial score (nSPS) is 21.5. The molecule has 0 aromatic heterocycles. The molecular weight excluding hydrogens is 244 g/mol. The Kier molecular flexibility index (Phi) is 5.61. The molecule has 1 heterocycles. The maximum Gasteiger partial charge on any atom is 0.408 e. The van der Waals surface area contributed by atoms with Gasteiger partial charge in [-0.3, -0.25) is 4.90 Å². The van der Waals surface area contributed by atoms with Crippen LogP contribution in [-0.4, -0.2) is 41.9 Å². The first kappa shape index (κ1) is 15.8. The van der Waals surface area contributed by atoms with Gasteiger partial charge in [-0.2, -0.15) is 5.26 Å². The monoisotopic (exact) mass is 268 g/mol. The lowest BCUT2D eigenvalue weighted by Crippen LogP contribution is -2.44. The molecule has 0 aromatic rings. The Bertz CT molecular complexity index is 338. The first-order valence-corrected chi connectivity index (χ1v) is 6.80. The summed E-state index contributed by atoms with van der Waals surface area (Å²) in [5.74, 6) is 0.292. The molecule has 0 bridgehead atoms. The Morgan fingerprint density at radius 2 is 2.26 bits per heavy atom. The van der Waals surface area contributed by atoms with Gasteiger partial charge in [0.15, 0.2) is 0 Å². The van der Waals surface area contributed by atoms with Crippen LogP contribution in [0.2, 0.25) is 0 Å². The van der Waals surface area contributed by atoms with E-state index in [-0.39, 0.29) is 5.41 Å². The predicted octanol–water partition coefficient (Wildman–Crippen LogP) is 2.72. The van der Waals surface area contributed by atoms with E-state index < -0.39 is 12.1 Å². The third kappa shape index (κ3) is 5.48. The van der Waals surface area contributed by atoms with E-state index in [2.05, 4.69) is 6.07 Å². The van der Waals surface area contributed by atoms with E-state index >= 15 is 0 Å². The number of carboxylic acid groups (broad SMARTS) is 1.